The Kier molecular flexibility index (Phi) is 8.00. The summed E-state index contributed by atoms with van der Waals surface area (Å²) in [5.74, 6) is 0.0200. The molecule has 2 heterocycles. The topological polar surface area (TPSA) is 74.8 Å². The molecule has 1 aromatic heterocycles. The van der Waals surface area contributed by atoms with Crippen molar-refractivity contribution in [2.45, 2.75) is 51.2 Å². The number of ether oxygens (including phenoxy) is 1. The molecule has 1 aromatic rings. The summed E-state index contributed by atoms with van der Waals surface area (Å²) >= 11 is 0. The zero-order valence-corrected chi connectivity index (χ0v) is 17.7. The summed E-state index contributed by atoms with van der Waals surface area (Å²) in [6, 6.07) is 3.35. The molecule has 0 radical (unpaired) electrons. The number of carbonyl (C=O) groups is 2. The molecule has 1 N–H and O–H groups in total. The molecule has 3 rings (SSSR count). The van der Waals surface area contributed by atoms with Crippen LogP contribution in [0.15, 0.2) is 24.5 Å². The van der Waals surface area contributed by atoms with Crippen molar-refractivity contribution in [2.24, 2.45) is 5.92 Å². The zero-order valence-electron chi connectivity index (χ0n) is 17.7. The van der Waals surface area contributed by atoms with Gasteiger partial charge in [-0.25, -0.2) is 0 Å². The van der Waals surface area contributed by atoms with E-state index in [1.807, 2.05) is 4.90 Å². The van der Waals surface area contributed by atoms with E-state index in [0.717, 1.165) is 51.9 Å². The van der Waals surface area contributed by atoms with Crippen LogP contribution in [0.2, 0.25) is 0 Å². The third-order valence-corrected chi connectivity index (χ3v) is 5.94. The van der Waals surface area contributed by atoms with Crippen LogP contribution in [-0.2, 0) is 9.53 Å². The molecule has 7 nitrogen and oxygen atoms in total. The van der Waals surface area contributed by atoms with Gasteiger partial charge in [-0.2, -0.15) is 0 Å². The first-order chi connectivity index (χ1) is 14.1. The molecule has 0 unspecified atom stereocenters. The summed E-state index contributed by atoms with van der Waals surface area (Å²) in [5, 5.41) is 3.12. The molecule has 0 aromatic carbocycles. The fourth-order valence-corrected chi connectivity index (χ4v) is 4.26. The van der Waals surface area contributed by atoms with Crippen LogP contribution >= 0.6 is 0 Å². The average molecular weight is 403 g/mol. The molecule has 160 valence electrons. The summed E-state index contributed by atoms with van der Waals surface area (Å²) in [4.78, 5) is 34.2. The number of rotatable bonds is 6. The lowest BCUT2D eigenvalue weighted by atomic mass is 9.82. The molecule has 1 saturated carbocycles. The highest BCUT2D eigenvalue weighted by Crippen LogP contribution is 2.29. The molecule has 3 atom stereocenters. The van der Waals surface area contributed by atoms with Crippen LogP contribution in [0.4, 0.5) is 0 Å². The van der Waals surface area contributed by atoms with Crippen LogP contribution in [0.5, 0.6) is 0 Å². The molecule has 2 fully saturated rings. The lowest BCUT2D eigenvalue weighted by Gasteiger charge is -2.37. The van der Waals surface area contributed by atoms with E-state index in [2.05, 4.69) is 29.2 Å². The van der Waals surface area contributed by atoms with Crippen molar-refractivity contribution in [3.05, 3.63) is 30.1 Å². The fourth-order valence-electron chi connectivity index (χ4n) is 4.26. The lowest BCUT2D eigenvalue weighted by molar-refractivity contribution is -0.138. The summed E-state index contributed by atoms with van der Waals surface area (Å²) in [6.07, 6.45) is 7.36. The monoisotopic (exact) mass is 402 g/mol. The third-order valence-electron chi connectivity index (χ3n) is 5.94. The van der Waals surface area contributed by atoms with E-state index in [1.54, 1.807) is 24.5 Å². The van der Waals surface area contributed by atoms with Crippen LogP contribution in [0.1, 0.15) is 49.4 Å². The van der Waals surface area contributed by atoms with Crippen molar-refractivity contribution >= 4 is 11.8 Å². The Morgan fingerprint density at radius 2 is 2.10 bits per heavy atom. The standard InChI is InChI=1S/C22H34N4O3/c1-3-14-29-20-8-7-17(22(28)26-11-5-10-25(2)12-13-26)15-19(20)24-21(27)18-6-4-9-23-16-18/h4,6,9,16-17,19-20H,3,5,7-8,10-15H2,1-2H3,(H,24,27)/t17-,19+,20+/m0/s1. The van der Waals surface area contributed by atoms with Gasteiger partial charge in [-0.3, -0.25) is 14.6 Å². The Morgan fingerprint density at radius 3 is 2.86 bits per heavy atom. The SMILES string of the molecule is CCCO[C@@H]1CC[C@H](C(=O)N2CCCN(C)CC2)C[C@H]1NC(=O)c1cccnc1. The van der Waals surface area contributed by atoms with Gasteiger partial charge in [0.25, 0.3) is 5.91 Å². The maximum Gasteiger partial charge on any atom is 0.253 e. The second-order valence-corrected chi connectivity index (χ2v) is 8.22. The van der Waals surface area contributed by atoms with Gasteiger partial charge < -0.3 is 19.9 Å². The van der Waals surface area contributed by atoms with Crippen molar-refractivity contribution < 1.29 is 14.3 Å². The highest BCUT2D eigenvalue weighted by Gasteiger charge is 2.37. The molecule has 1 saturated heterocycles. The molecule has 1 aliphatic heterocycles. The molecular formula is C22H34N4O3. The van der Waals surface area contributed by atoms with E-state index in [0.29, 0.717) is 18.6 Å². The molecule has 7 heteroatoms. The van der Waals surface area contributed by atoms with E-state index in [1.165, 1.54) is 0 Å². The Bertz CT molecular complexity index is 669. The number of aromatic nitrogens is 1. The number of nitrogens with one attached hydrogen (secondary N) is 1. The molecule has 2 aliphatic rings. The Hall–Kier alpha value is -1.99. The van der Waals surface area contributed by atoms with Crippen LogP contribution in [-0.4, -0.2) is 78.6 Å². The summed E-state index contributed by atoms with van der Waals surface area (Å²) < 4.78 is 6.03. The van der Waals surface area contributed by atoms with Crippen molar-refractivity contribution in [3.63, 3.8) is 0 Å². The smallest absolute Gasteiger partial charge is 0.253 e. The van der Waals surface area contributed by atoms with Crippen molar-refractivity contribution in [3.8, 4) is 0 Å². The highest BCUT2D eigenvalue weighted by molar-refractivity contribution is 5.94. The predicted octanol–water partition coefficient (Wildman–Crippen LogP) is 1.94. The van der Waals surface area contributed by atoms with E-state index >= 15 is 0 Å². The van der Waals surface area contributed by atoms with Gasteiger partial charge >= 0.3 is 0 Å². The highest BCUT2D eigenvalue weighted by atomic mass is 16.5. The van der Waals surface area contributed by atoms with Crippen LogP contribution in [0.25, 0.3) is 0 Å². The summed E-state index contributed by atoms with van der Waals surface area (Å²) in [6.45, 7) is 6.30. The largest absolute Gasteiger partial charge is 0.376 e. The fraction of sp³-hybridized carbons (Fsp3) is 0.682. The number of likely N-dealkylation sites (N-methyl/N-ethyl adjacent to an activating group) is 1. The minimum atomic E-state index is -0.161. The molecule has 0 bridgehead atoms. The zero-order chi connectivity index (χ0) is 20.6. The Labute approximate surface area is 173 Å². The first kappa shape index (κ1) is 21.7. The van der Waals surface area contributed by atoms with Crippen molar-refractivity contribution in [1.82, 2.24) is 20.1 Å². The van der Waals surface area contributed by atoms with E-state index in [4.69, 9.17) is 4.74 Å². The molecule has 29 heavy (non-hydrogen) atoms. The predicted molar refractivity (Wildman–Crippen MR) is 112 cm³/mol. The second-order valence-electron chi connectivity index (χ2n) is 8.22. The molecule has 0 spiro atoms. The molecule has 1 aliphatic carbocycles. The number of pyridine rings is 1. The Morgan fingerprint density at radius 1 is 1.24 bits per heavy atom. The van der Waals surface area contributed by atoms with Crippen LogP contribution < -0.4 is 5.32 Å². The lowest BCUT2D eigenvalue weighted by Crippen LogP contribution is -2.51. The third kappa shape index (κ3) is 6.00. The minimum absolute atomic E-state index is 0.0464. The number of carbonyl (C=O) groups excluding carboxylic acids is 2. The van der Waals surface area contributed by atoms with Gasteiger partial charge in [0.1, 0.15) is 0 Å². The summed E-state index contributed by atoms with van der Waals surface area (Å²) in [5.41, 5.74) is 0.533. The molecule has 2 amide bonds. The van der Waals surface area contributed by atoms with Crippen LogP contribution in [0, 0.1) is 5.92 Å². The molecular weight excluding hydrogens is 368 g/mol. The van der Waals surface area contributed by atoms with Crippen molar-refractivity contribution in [2.75, 3.05) is 39.8 Å². The van der Waals surface area contributed by atoms with Gasteiger partial charge in [0.2, 0.25) is 5.91 Å². The van der Waals surface area contributed by atoms with Gasteiger partial charge in [-0.1, -0.05) is 6.92 Å². The number of nitrogens with zero attached hydrogens (tertiary/aromatic N) is 3. The van der Waals surface area contributed by atoms with E-state index in [-0.39, 0.29) is 29.9 Å². The maximum atomic E-state index is 13.2. The normalized spacial score (nSPS) is 26.0. The van der Waals surface area contributed by atoms with Gasteiger partial charge in [0.05, 0.1) is 17.7 Å². The minimum Gasteiger partial charge on any atom is -0.376 e. The quantitative estimate of drug-likeness (QED) is 0.787. The Balaban J connectivity index is 1.65. The van der Waals surface area contributed by atoms with Gasteiger partial charge in [-0.15, -0.1) is 0 Å². The maximum absolute atomic E-state index is 13.2. The number of amides is 2. The van der Waals surface area contributed by atoms with Crippen LogP contribution in [0.3, 0.4) is 0 Å². The average Bonchev–Trinajstić information content (AvgIpc) is 2.97. The summed E-state index contributed by atoms with van der Waals surface area (Å²) in [7, 11) is 2.11. The number of hydrogen-bond donors (Lipinski definition) is 1. The van der Waals surface area contributed by atoms with Gasteiger partial charge in [0.15, 0.2) is 0 Å². The van der Waals surface area contributed by atoms with Gasteiger partial charge in [0, 0.05) is 44.6 Å². The second kappa shape index (κ2) is 10.7. The first-order valence-electron chi connectivity index (χ1n) is 10.9. The van der Waals surface area contributed by atoms with E-state index < -0.39 is 0 Å². The van der Waals surface area contributed by atoms with E-state index in [9.17, 15) is 9.59 Å². The number of hydrogen-bond acceptors (Lipinski definition) is 5. The van der Waals surface area contributed by atoms with Gasteiger partial charge in [-0.05, 0) is 57.8 Å². The van der Waals surface area contributed by atoms with Crippen molar-refractivity contribution in [1.29, 1.82) is 0 Å². The first-order valence-corrected chi connectivity index (χ1v) is 10.9.